The van der Waals surface area contributed by atoms with Crippen LogP contribution in [0, 0.1) is 0 Å². The molecule has 0 saturated carbocycles. The van der Waals surface area contributed by atoms with Crippen LogP contribution in [0.2, 0.25) is 0 Å². The summed E-state index contributed by atoms with van der Waals surface area (Å²) >= 11 is 0. The second-order valence-corrected chi connectivity index (χ2v) is 3.27. The molecular formula is C8H12F3NO3. The Kier molecular flexibility index (Phi) is 4.34. The minimum absolute atomic E-state index is 0.0395. The third kappa shape index (κ3) is 5.58. The average molecular weight is 227 g/mol. The predicted octanol–water partition coefficient (Wildman–Crippen LogP) is 1.17. The van der Waals surface area contributed by atoms with Gasteiger partial charge in [-0.3, -0.25) is 9.63 Å². The van der Waals surface area contributed by atoms with Crippen molar-refractivity contribution in [3.05, 3.63) is 0 Å². The Bertz CT molecular complexity index is 214. The summed E-state index contributed by atoms with van der Waals surface area (Å²) in [6.07, 6.45) is -2.96. The van der Waals surface area contributed by atoms with Crippen LogP contribution in [0.5, 0.6) is 0 Å². The maximum atomic E-state index is 11.6. The maximum absolute atomic E-state index is 11.6. The van der Waals surface area contributed by atoms with Gasteiger partial charge >= 0.3 is 6.18 Å². The van der Waals surface area contributed by atoms with E-state index in [0.717, 1.165) is 12.8 Å². The highest BCUT2D eigenvalue weighted by molar-refractivity contribution is 5.75. The number of alkyl halides is 3. The molecule has 1 rings (SSSR count). The summed E-state index contributed by atoms with van der Waals surface area (Å²) in [5.41, 5.74) is 1.73. The Morgan fingerprint density at radius 3 is 2.80 bits per heavy atom. The molecule has 0 aliphatic carbocycles. The molecule has 0 aromatic heterocycles. The second kappa shape index (κ2) is 5.32. The Hall–Kier alpha value is -0.820. The van der Waals surface area contributed by atoms with Crippen molar-refractivity contribution in [3.8, 4) is 0 Å². The number of rotatable bonds is 4. The van der Waals surface area contributed by atoms with E-state index in [1.165, 1.54) is 0 Å². The van der Waals surface area contributed by atoms with E-state index in [1.807, 2.05) is 0 Å². The summed E-state index contributed by atoms with van der Waals surface area (Å²) in [6, 6.07) is 0. The van der Waals surface area contributed by atoms with E-state index in [0.29, 0.717) is 6.61 Å². The molecule has 1 saturated heterocycles. The van der Waals surface area contributed by atoms with Gasteiger partial charge in [-0.1, -0.05) is 0 Å². The molecule has 88 valence electrons. The number of carbonyl (C=O) groups excluding carboxylic acids is 1. The summed E-state index contributed by atoms with van der Waals surface area (Å²) in [6.45, 7) is -0.883. The molecule has 15 heavy (non-hydrogen) atoms. The molecule has 4 nitrogen and oxygen atoms in total. The lowest BCUT2D eigenvalue weighted by molar-refractivity contribution is -0.192. The van der Waals surface area contributed by atoms with Crippen LogP contribution in [0.15, 0.2) is 0 Å². The van der Waals surface area contributed by atoms with Crippen LogP contribution in [0.25, 0.3) is 0 Å². The average Bonchev–Trinajstić information content (AvgIpc) is 2.54. The summed E-state index contributed by atoms with van der Waals surface area (Å²) in [5.74, 6) is -0.592. The smallest absolute Gasteiger partial charge is 0.378 e. The molecule has 1 aliphatic rings. The van der Waals surface area contributed by atoms with Crippen LogP contribution < -0.4 is 5.48 Å². The van der Waals surface area contributed by atoms with Gasteiger partial charge in [-0.05, 0) is 12.8 Å². The molecule has 1 aliphatic heterocycles. The zero-order chi connectivity index (χ0) is 11.3. The van der Waals surface area contributed by atoms with Gasteiger partial charge in [0.25, 0.3) is 0 Å². The monoisotopic (exact) mass is 227 g/mol. The van der Waals surface area contributed by atoms with Gasteiger partial charge in [0.2, 0.25) is 5.91 Å². The van der Waals surface area contributed by atoms with Crippen molar-refractivity contribution >= 4 is 5.91 Å². The molecule has 1 amide bonds. The molecule has 1 atom stereocenters. The van der Waals surface area contributed by atoms with E-state index in [1.54, 1.807) is 5.48 Å². The Morgan fingerprint density at radius 2 is 2.27 bits per heavy atom. The van der Waals surface area contributed by atoms with E-state index in [4.69, 9.17) is 4.74 Å². The second-order valence-electron chi connectivity index (χ2n) is 3.27. The van der Waals surface area contributed by atoms with Crippen molar-refractivity contribution in [2.45, 2.75) is 31.5 Å². The molecule has 1 unspecified atom stereocenters. The molecule has 0 bridgehead atoms. The number of hydroxylamine groups is 1. The Morgan fingerprint density at radius 1 is 1.53 bits per heavy atom. The van der Waals surface area contributed by atoms with Crippen LogP contribution in [0.3, 0.4) is 0 Å². The van der Waals surface area contributed by atoms with E-state index >= 15 is 0 Å². The highest BCUT2D eigenvalue weighted by Gasteiger charge is 2.28. The standard InChI is InChI=1S/C8H12F3NO3/c9-8(10,11)5-15-12-7(13)4-6-2-1-3-14-6/h6H,1-5H2,(H,12,13). The zero-order valence-electron chi connectivity index (χ0n) is 7.97. The first kappa shape index (κ1) is 12.3. The number of amides is 1. The molecule has 1 heterocycles. The quantitative estimate of drug-likeness (QED) is 0.733. The highest BCUT2D eigenvalue weighted by atomic mass is 19.4. The SMILES string of the molecule is O=C(CC1CCCO1)NOCC(F)(F)F. The molecular weight excluding hydrogens is 215 g/mol. The molecule has 0 radical (unpaired) electrons. The van der Waals surface area contributed by atoms with Crippen LogP contribution in [0.1, 0.15) is 19.3 Å². The largest absolute Gasteiger partial charge is 0.414 e. The highest BCUT2D eigenvalue weighted by Crippen LogP contribution is 2.15. The van der Waals surface area contributed by atoms with Gasteiger partial charge in [-0.15, -0.1) is 0 Å². The Balaban J connectivity index is 2.08. The van der Waals surface area contributed by atoms with E-state index in [2.05, 4.69) is 4.84 Å². The molecule has 1 N–H and O–H groups in total. The topological polar surface area (TPSA) is 47.6 Å². The van der Waals surface area contributed by atoms with Gasteiger partial charge in [0, 0.05) is 6.61 Å². The number of carbonyl (C=O) groups is 1. The van der Waals surface area contributed by atoms with Crippen molar-refractivity contribution in [1.29, 1.82) is 0 Å². The fourth-order valence-electron chi connectivity index (χ4n) is 1.25. The van der Waals surface area contributed by atoms with Gasteiger partial charge in [-0.25, -0.2) is 5.48 Å². The van der Waals surface area contributed by atoms with Gasteiger partial charge in [-0.2, -0.15) is 13.2 Å². The van der Waals surface area contributed by atoms with E-state index in [-0.39, 0.29) is 12.5 Å². The van der Waals surface area contributed by atoms with Crippen LogP contribution in [0.4, 0.5) is 13.2 Å². The molecule has 7 heteroatoms. The van der Waals surface area contributed by atoms with Crippen LogP contribution in [-0.2, 0) is 14.4 Å². The fraction of sp³-hybridized carbons (Fsp3) is 0.875. The third-order valence-corrected chi connectivity index (χ3v) is 1.86. The predicted molar refractivity (Wildman–Crippen MR) is 43.7 cm³/mol. The first-order chi connectivity index (χ1) is 6.97. The summed E-state index contributed by atoms with van der Waals surface area (Å²) in [4.78, 5) is 15.0. The van der Waals surface area contributed by atoms with Crippen molar-refractivity contribution < 1.29 is 27.5 Å². The number of hydrogen-bond acceptors (Lipinski definition) is 3. The van der Waals surface area contributed by atoms with Crippen LogP contribution in [-0.4, -0.2) is 31.4 Å². The summed E-state index contributed by atoms with van der Waals surface area (Å²) < 4.78 is 40.0. The van der Waals surface area contributed by atoms with Gasteiger partial charge in [0.1, 0.15) is 0 Å². The Labute approximate surface area is 84.7 Å². The number of hydrogen-bond donors (Lipinski definition) is 1. The normalized spacial score (nSPS) is 21.7. The van der Waals surface area contributed by atoms with Gasteiger partial charge in [0.05, 0.1) is 12.5 Å². The zero-order valence-corrected chi connectivity index (χ0v) is 7.97. The number of halogens is 3. The number of ether oxygens (including phenoxy) is 1. The van der Waals surface area contributed by atoms with Crippen LogP contribution >= 0.6 is 0 Å². The van der Waals surface area contributed by atoms with Crippen molar-refractivity contribution in [2.75, 3.05) is 13.2 Å². The first-order valence-electron chi connectivity index (χ1n) is 4.56. The lowest BCUT2D eigenvalue weighted by Crippen LogP contribution is -2.31. The van der Waals surface area contributed by atoms with E-state index < -0.39 is 18.7 Å². The fourth-order valence-corrected chi connectivity index (χ4v) is 1.25. The molecule has 1 fully saturated rings. The van der Waals surface area contributed by atoms with Gasteiger partial charge < -0.3 is 4.74 Å². The maximum Gasteiger partial charge on any atom is 0.414 e. The number of nitrogens with one attached hydrogen (secondary N) is 1. The van der Waals surface area contributed by atoms with E-state index in [9.17, 15) is 18.0 Å². The lowest BCUT2D eigenvalue weighted by atomic mass is 10.2. The first-order valence-corrected chi connectivity index (χ1v) is 4.56. The lowest BCUT2D eigenvalue weighted by Gasteiger charge is -2.10. The molecule has 0 aromatic rings. The molecule has 0 aromatic carbocycles. The van der Waals surface area contributed by atoms with Gasteiger partial charge in [0.15, 0.2) is 6.61 Å². The van der Waals surface area contributed by atoms with Crippen molar-refractivity contribution in [3.63, 3.8) is 0 Å². The minimum atomic E-state index is -4.43. The summed E-state index contributed by atoms with van der Waals surface area (Å²) in [7, 11) is 0. The van der Waals surface area contributed by atoms with Crippen molar-refractivity contribution in [1.82, 2.24) is 5.48 Å². The summed E-state index contributed by atoms with van der Waals surface area (Å²) in [5, 5.41) is 0. The minimum Gasteiger partial charge on any atom is -0.378 e. The van der Waals surface area contributed by atoms with Crippen molar-refractivity contribution in [2.24, 2.45) is 0 Å². The molecule has 0 spiro atoms. The third-order valence-electron chi connectivity index (χ3n) is 1.86.